The molecule has 0 saturated carbocycles. The SMILES string of the molecule is CC1COc2c(N3CCN(C)CC3)c(F)cc3c(=O)c(C(=O)O)cn1c23.Cc1cc(C(C)(C)C)c(O)c(C)c1CC1=NCCN1.O=c1[nH]cc(F)c(=O)[nH]1. The lowest BCUT2D eigenvalue weighted by molar-refractivity contribution is 0.0694. The van der Waals surface area contributed by atoms with Gasteiger partial charge >= 0.3 is 11.7 Å². The van der Waals surface area contributed by atoms with E-state index < -0.39 is 34.3 Å². The van der Waals surface area contributed by atoms with E-state index in [1.54, 1.807) is 9.55 Å². The number of piperazine rings is 1. The molecule has 54 heavy (non-hydrogen) atoms. The van der Waals surface area contributed by atoms with Crippen molar-refractivity contribution in [2.45, 2.75) is 59.4 Å². The van der Waals surface area contributed by atoms with Crippen molar-refractivity contribution in [2.24, 2.45) is 4.99 Å². The Bertz CT molecular complexity index is 2280. The molecular weight excluding hydrogens is 704 g/mol. The number of hydrogen-bond acceptors (Lipinski definition) is 10. The van der Waals surface area contributed by atoms with E-state index in [4.69, 9.17) is 4.74 Å². The minimum absolute atomic E-state index is 0.0404. The maximum Gasteiger partial charge on any atom is 0.341 e. The van der Waals surface area contributed by atoms with E-state index in [1.165, 1.54) is 17.3 Å². The average Bonchev–Trinajstić information content (AvgIpc) is 3.63. The summed E-state index contributed by atoms with van der Waals surface area (Å²) in [5.74, 6) is -1.06. The number of benzene rings is 2. The fourth-order valence-electron chi connectivity index (χ4n) is 6.67. The van der Waals surface area contributed by atoms with E-state index in [1.807, 2.05) is 30.8 Å². The molecule has 16 heteroatoms. The van der Waals surface area contributed by atoms with Gasteiger partial charge in [0.1, 0.15) is 29.4 Å². The van der Waals surface area contributed by atoms with Crippen LogP contribution in [0.1, 0.15) is 66.3 Å². The predicted molar refractivity (Wildman–Crippen MR) is 203 cm³/mol. The van der Waals surface area contributed by atoms with Crippen molar-refractivity contribution in [2.75, 3.05) is 57.8 Å². The van der Waals surface area contributed by atoms with Crippen molar-refractivity contribution in [3.05, 3.63) is 95.0 Å². The summed E-state index contributed by atoms with van der Waals surface area (Å²) < 4.78 is 34.5. The van der Waals surface area contributed by atoms with Crippen molar-refractivity contribution in [3.8, 4) is 11.5 Å². The van der Waals surface area contributed by atoms with Crippen molar-refractivity contribution >= 4 is 28.4 Å². The van der Waals surface area contributed by atoms with Gasteiger partial charge in [-0.15, -0.1) is 0 Å². The molecule has 4 aromatic rings. The second-order valence-corrected chi connectivity index (χ2v) is 14.8. The number of pyridine rings is 1. The highest BCUT2D eigenvalue weighted by molar-refractivity contribution is 5.97. The topological polar surface area (TPSA) is 185 Å². The van der Waals surface area contributed by atoms with Gasteiger partial charge in [0.15, 0.2) is 11.6 Å². The Balaban J connectivity index is 0.000000175. The molecular formula is C38H47F2N7O7. The molecule has 1 saturated heterocycles. The molecule has 5 N–H and O–H groups in total. The number of aromatic hydroxyl groups is 1. The third kappa shape index (κ3) is 8.33. The molecule has 2 aromatic heterocycles. The van der Waals surface area contributed by atoms with Crippen molar-refractivity contribution < 1.29 is 28.5 Å². The number of nitrogens with zero attached hydrogens (tertiary/aromatic N) is 4. The standard InChI is InChI=1S/C18H20FN3O4.C16H24N2O.C4H3FN2O2/c1-10-9-26-17-14-11(16(23)12(18(24)25)8-22(10)14)7-13(19)15(17)21-5-3-20(2)4-6-21;1-10-8-13(16(3,4)5)15(19)11(2)12(10)9-14-17-6-7-18-14;5-2-1-6-4(9)7-3(2)8/h7-8,10H,3-6,9H2,1-2H3,(H,24,25);8,19H,6-7,9H2,1-5H3,(H,17,18);1H,(H2,6,7,8,9). The van der Waals surface area contributed by atoms with Crippen LogP contribution in [0.15, 0.2) is 43.9 Å². The largest absolute Gasteiger partial charge is 0.507 e. The molecule has 2 aromatic carbocycles. The van der Waals surface area contributed by atoms with Crippen LogP contribution in [0, 0.1) is 25.5 Å². The number of ether oxygens (including phenoxy) is 1. The summed E-state index contributed by atoms with van der Waals surface area (Å²) in [6, 6.07) is 3.11. The van der Waals surface area contributed by atoms with Crippen molar-refractivity contribution in [1.29, 1.82) is 0 Å². The first-order chi connectivity index (χ1) is 25.4. The molecule has 0 amide bonds. The van der Waals surface area contributed by atoms with Crippen LogP contribution in [-0.4, -0.2) is 94.4 Å². The third-order valence-corrected chi connectivity index (χ3v) is 9.76. The number of carboxylic acids is 1. The van der Waals surface area contributed by atoms with Crippen LogP contribution in [0.2, 0.25) is 0 Å². The summed E-state index contributed by atoms with van der Waals surface area (Å²) in [6.45, 7) is 17.4. The molecule has 0 radical (unpaired) electrons. The Morgan fingerprint density at radius 2 is 1.76 bits per heavy atom. The van der Waals surface area contributed by atoms with Crippen LogP contribution in [0.4, 0.5) is 14.5 Å². The van der Waals surface area contributed by atoms with Crippen LogP contribution >= 0.6 is 0 Å². The number of anilines is 1. The molecule has 0 aliphatic carbocycles. The number of hydrogen-bond donors (Lipinski definition) is 5. The number of halogens is 2. The van der Waals surface area contributed by atoms with E-state index >= 15 is 0 Å². The lowest BCUT2D eigenvalue weighted by Crippen LogP contribution is -2.45. The molecule has 1 atom stereocenters. The quantitative estimate of drug-likeness (QED) is 0.207. The first-order valence-electron chi connectivity index (χ1n) is 17.7. The van der Waals surface area contributed by atoms with Gasteiger partial charge in [-0.3, -0.25) is 19.6 Å². The number of aromatic carboxylic acids is 1. The minimum atomic E-state index is -1.32. The van der Waals surface area contributed by atoms with Crippen molar-refractivity contribution in [1.82, 2.24) is 24.8 Å². The molecule has 7 rings (SSSR count). The number of phenols is 1. The normalized spacial score (nSPS) is 16.7. The fraction of sp³-hybridized carbons (Fsp3) is 0.447. The number of amidine groups is 1. The first-order valence-corrected chi connectivity index (χ1v) is 17.7. The molecule has 1 unspecified atom stereocenters. The van der Waals surface area contributed by atoms with E-state index in [0.29, 0.717) is 42.0 Å². The van der Waals surface area contributed by atoms with Gasteiger partial charge in [0.2, 0.25) is 11.2 Å². The van der Waals surface area contributed by atoms with Crippen LogP contribution in [0.5, 0.6) is 11.5 Å². The summed E-state index contributed by atoms with van der Waals surface area (Å²) >= 11 is 0. The monoisotopic (exact) mass is 751 g/mol. The summed E-state index contributed by atoms with van der Waals surface area (Å²) in [5, 5.41) is 23.1. The Kier molecular flexibility index (Phi) is 11.6. The van der Waals surface area contributed by atoms with Crippen LogP contribution < -0.4 is 31.6 Å². The van der Waals surface area contributed by atoms with Gasteiger partial charge in [-0.2, -0.15) is 4.39 Å². The van der Waals surface area contributed by atoms with Gasteiger partial charge in [-0.1, -0.05) is 26.8 Å². The predicted octanol–water partition coefficient (Wildman–Crippen LogP) is 3.60. The zero-order chi connectivity index (χ0) is 39.6. The number of aromatic amines is 2. The van der Waals surface area contributed by atoms with E-state index in [0.717, 1.165) is 55.6 Å². The van der Waals surface area contributed by atoms with Gasteiger partial charge < -0.3 is 39.6 Å². The van der Waals surface area contributed by atoms with E-state index in [-0.39, 0.29) is 29.0 Å². The van der Waals surface area contributed by atoms with Gasteiger partial charge in [0.25, 0.3) is 5.56 Å². The summed E-state index contributed by atoms with van der Waals surface area (Å²) in [7, 11) is 2.02. The summed E-state index contributed by atoms with van der Waals surface area (Å²) in [5.41, 5.74) is 2.46. The zero-order valence-corrected chi connectivity index (χ0v) is 31.5. The Hall–Kier alpha value is -5.51. The minimum Gasteiger partial charge on any atom is -0.507 e. The molecule has 5 heterocycles. The van der Waals surface area contributed by atoms with Crippen molar-refractivity contribution in [3.63, 3.8) is 0 Å². The molecule has 0 spiro atoms. The van der Waals surface area contributed by atoms with Gasteiger partial charge in [0.05, 0.1) is 23.5 Å². The molecule has 3 aliphatic heterocycles. The van der Waals surface area contributed by atoms with Crippen LogP contribution in [0.3, 0.4) is 0 Å². The third-order valence-electron chi connectivity index (χ3n) is 9.76. The highest BCUT2D eigenvalue weighted by Gasteiger charge is 2.31. The summed E-state index contributed by atoms with van der Waals surface area (Å²) in [4.78, 5) is 56.5. The Morgan fingerprint density at radius 3 is 2.33 bits per heavy atom. The first kappa shape index (κ1) is 39.7. The number of likely N-dealkylation sites (N-methyl/N-ethyl adjacent to an activating group) is 1. The zero-order valence-electron chi connectivity index (χ0n) is 31.5. The van der Waals surface area contributed by atoms with E-state index in [2.05, 4.69) is 49.0 Å². The van der Waals surface area contributed by atoms with E-state index in [9.17, 15) is 38.2 Å². The maximum absolute atomic E-state index is 15.0. The van der Waals surface area contributed by atoms with Gasteiger partial charge in [0, 0.05) is 51.5 Å². The second-order valence-electron chi connectivity index (χ2n) is 14.8. The number of aryl methyl sites for hydroxylation is 1. The molecule has 0 bridgehead atoms. The Labute approximate surface area is 310 Å². The highest BCUT2D eigenvalue weighted by Crippen LogP contribution is 2.42. The highest BCUT2D eigenvalue weighted by atomic mass is 19.1. The van der Waals surface area contributed by atoms with Crippen LogP contribution in [-0.2, 0) is 11.8 Å². The number of phenolic OH excluding ortho intramolecular Hbond substituents is 1. The maximum atomic E-state index is 15.0. The number of carbonyl (C=O) groups is 1. The van der Waals surface area contributed by atoms with Gasteiger partial charge in [-0.25, -0.2) is 14.0 Å². The molecule has 14 nitrogen and oxygen atoms in total. The number of aromatic nitrogens is 3. The number of aliphatic imine (C=N–C) groups is 1. The fourth-order valence-corrected chi connectivity index (χ4v) is 6.67. The van der Waals surface area contributed by atoms with Gasteiger partial charge in [-0.05, 0) is 61.6 Å². The Morgan fingerprint density at radius 1 is 1.07 bits per heavy atom. The van der Waals surface area contributed by atoms with Crippen LogP contribution in [0.25, 0.3) is 10.9 Å². The lowest BCUT2D eigenvalue weighted by atomic mass is 9.82. The smallest absolute Gasteiger partial charge is 0.341 e. The molecule has 290 valence electrons. The second kappa shape index (κ2) is 15.8. The number of rotatable bonds is 4. The molecule has 1 fully saturated rings. The number of nitrogens with one attached hydrogen (secondary N) is 3. The number of carboxylic acid groups (broad SMARTS) is 1. The number of H-pyrrole nitrogens is 2. The average molecular weight is 752 g/mol. The lowest BCUT2D eigenvalue weighted by Gasteiger charge is -2.37. The summed E-state index contributed by atoms with van der Waals surface area (Å²) in [6.07, 6.45) is 2.84. The molecule has 3 aliphatic rings.